The van der Waals surface area contributed by atoms with Gasteiger partial charge in [-0.3, -0.25) is 4.79 Å². The topological polar surface area (TPSA) is 71.8 Å². The van der Waals surface area contributed by atoms with Gasteiger partial charge in [0.25, 0.3) is 5.56 Å². The molecule has 1 aromatic carbocycles. The molecule has 1 aromatic heterocycles. The molecule has 0 fully saturated rings. The number of nitrogens with one attached hydrogen (secondary N) is 1. The molecular weight excluding hydrogens is 226 g/mol. The molecule has 96 valence electrons. The number of aromatic nitrogens is 2. The minimum absolute atomic E-state index is 0.184. The van der Waals surface area contributed by atoms with E-state index in [0.29, 0.717) is 11.1 Å². The number of anilines is 1. The highest BCUT2D eigenvalue weighted by Gasteiger charge is 2.13. The van der Waals surface area contributed by atoms with Crippen LogP contribution in [-0.2, 0) is 6.42 Å². The van der Waals surface area contributed by atoms with Gasteiger partial charge in [0.15, 0.2) is 0 Å². The molecular formula is C14H19N3O. The van der Waals surface area contributed by atoms with Crippen LogP contribution in [0.1, 0.15) is 32.9 Å². The van der Waals surface area contributed by atoms with Crippen LogP contribution in [-0.4, -0.2) is 10.2 Å². The Kier molecular flexibility index (Phi) is 3.11. The van der Waals surface area contributed by atoms with E-state index in [1.807, 2.05) is 12.1 Å². The van der Waals surface area contributed by atoms with E-state index >= 15 is 0 Å². The fourth-order valence-electron chi connectivity index (χ4n) is 1.92. The van der Waals surface area contributed by atoms with Crippen molar-refractivity contribution >= 4 is 16.5 Å². The van der Waals surface area contributed by atoms with Crippen molar-refractivity contribution in [1.29, 1.82) is 0 Å². The van der Waals surface area contributed by atoms with Gasteiger partial charge >= 0.3 is 0 Å². The Labute approximate surface area is 106 Å². The van der Waals surface area contributed by atoms with E-state index in [9.17, 15) is 4.79 Å². The molecule has 2 aromatic rings. The quantitative estimate of drug-likeness (QED) is 0.798. The molecule has 0 aliphatic carbocycles. The van der Waals surface area contributed by atoms with E-state index in [-0.39, 0.29) is 11.0 Å². The molecule has 0 bridgehead atoms. The highest BCUT2D eigenvalue weighted by atomic mass is 16.1. The van der Waals surface area contributed by atoms with Crippen molar-refractivity contribution in [3.63, 3.8) is 0 Å². The zero-order valence-electron chi connectivity index (χ0n) is 11.1. The summed E-state index contributed by atoms with van der Waals surface area (Å²) in [6.07, 6.45) is 1.87. The van der Waals surface area contributed by atoms with Gasteiger partial charge in [-0.2, -0.15) is 5.10 Å². The zero-order chi connectivity index (χ0) is 13.3. The number of H-pyrrole nitrogens is 1. The number of benzene rings is 1. The first-order valence-corrected chi connectivity index (χ1v) is 6.14. The molecule has 0 aliphatic rings. The Morgan fingerprint density at radius 1 is 1.28 bits per heavy atom. The summed E-state index contributed by atoms with van der Waals surface area (Å²) >= 11 is 0. The Morgan fingerprint density at radius 3 is 2.67 bits per heavy atom. The number of hydrogen-bond acceptors (Lipinski definition) is 3. The lowest BCUT2D eigenvalue weighted by Crippen LogP contribution is -2.13. The average Bonchev–Trinajstić information content (AvgIpc) is 2.27. The SMILES string of the molecule is CC(C)(C)CCc1n[nH]c(=O)c2cc(N)ccc12. The molecule has 1 heterocycles. The Hall–Kier alpha value is -1.84. The van der Waals surface area contributed by atoms with Crippen LogP contribution in [0.25, 0.3) is 10.8 Å². The van der Waals surface area contributed by atoms with Crippen LogP contribution in [0.2, 0.25) is 0 Å². The number of hydrogen-bond donors (Lipinski definition) is 2. The van der Waals surface area contributed by atoms with Crippen molar-refractivity contribution in [3.05, 3.63) is 34.2 Å². The Morgan fingerprint density at radius 2 is 2.00 bits per heavy atom. The van der Waals surface area contributed by atoms with Gasteiger partial charge in [0.2, 0.25) is 0 Å². The highest BCUT2D eigenvalue weighted by molar-refractivity contribution is 5.86. The van der Waals surface area contributed by atoms with Crippen LogP contribution < -0.4 is 11.3 Å². The van der Waals surface area contributed by atoms with Crippen molar-refractivity contribution in [3.8, 4) is 0 Å². The molecule has 0 aliphatic heterocycles. The number of fused-ring (bicyclic) bond motifs is 1. The van der Waals surface area contributed by atoms with Crippen LogP contribution in [0, 0.1) is 5.41 Å². The predicted octanol–water partition coefficient (Wildman–Crippen LogP) is 2.48. The summed E-state index contributed by atoms with van der Waals surface area (Å²) in [5.41, 5.74) is 7.31. The molecule has 0 saturated heterocycles. The van der Waals surface area contributed by atoms with Crippen molar-refractivity contribution in [2.45, 2.75) is 33.6 Å². The average molecular weight is 245 g/mol. The van der Waals surface area contributed by atoms with Gasteiger partial charge in [-0.1, -0.05) is 26.8 Å². The molecule has 0 spiro atoms. The molecule has 0 amide bonds. The summed E-state index contributed by atoms with van der Waals surface area (Å²) < 4.78 is 0. The van der Waals surface area contributed by atoms with Gasteiger partial charge in [0.1, 0.15) is 0 Å². The number of nitrogen functional groups attached to an aromatic ring is 1. The van der Waals surface area contributed by atoms with Crippen LogP contribution in [0.4, 0.5) is 5.69 Å². The van der Waals surface area contributed by atoms with E-state index in [1.54, 1.807) is 6.07 Å². The third-order valence-corrected chi connectivity index (χ3v) is 3.00. The second-order valence-electron chi connectivity index (χ2n) is 5.87. The van der Waals surface area contributed by atoms with E-state index in [2.05, 4.69) is 31.0 Å². The second-order valence-corrected chi connectivity index (χ2v) is 5.87. The molecule has 3 N–H and O–H groups in total. The smallest absolute Gasteiger partial charge is 0.272 e. The summed E-state index contributed by atoms with van der Waals surface area (Å²) in [5, 5.41) is 8.23. The van der Waals surface area contributed by atoms with E-state index in [4.69, 9.17) is 5.73 Å². The van der Waals surface area contributed by atoms with Crippen LogP contribution in [0.15, 0.2) is 23.0 Å². The number of nitrogens with zero attached hydrogens (tertiary/aromatic N) is 1. The van der Waals surface area contributed by atoms with Crippen LogP contribution in [0.3, 0.4) is 0 Å². The molecule has 4 heteroatoms. The minimum atomic E-state index is -0.184. The maximum Gasteiger partial charge on any atom is 0.272 e. The first-order valence-electron chi connectivity index (χ1n) is 6.14. The minimum Gasteiger partial charge on any atom is -0.399 e. The lowest BCUT2D eigenvalue weighted by Gasteiger charge is -2.17. The van der Waals surface area contributed by atoms with Gasteiger partial charge in [-0.05, 0) is 30.4 Å². The maximum atomic E-state index is 11.7. The maximum absolute atomic E-state index is 11.7. The molecule has 0 saturated carbocycles. The summed E-state index contributed by atoms with van der Waals surface area (Å²) in [6.45, 7) is 6.58. The van der Waals surface area contributed by atoms with Crippen molar-refractivity contribution in [1.82, 2.24) is 10.2 Å². The number of aromatic amines is 1. The summed E-state index contributed by atoms with van der Waals surface area (Å²) in [4.78, 5) is 11.7. The highest BCUT2D eigenvalue weighted by Crippen LogP contribution is 2.23. The van der Waals surface area contributed by atoms with E-state index in [0.717, 1.165) is 23.9 Å². The summed E-state index contributed by atoms with van der Waals surface area (Å²) in [7, 11) is 0. The standard InChI is InChI=1S/C14H19N3O/c1-14(2,3)7-6-12-10-5-4-9(15)8-11(10)13(18)17-16-12/h4-5,8H,6-7,15H2,1-3H3,(H,17,18). The molecule has 0 atom stereocenters. The van der Waals surface area contributed by atoms with Crippen molar-refractivity contribution in [2.75, 3.05) is 5.73 Å². The van der Waals surface area contributed by atoms with Crippen LogP contribution in [0.5, 0.6) is 0 Å². The second kappa shape index (κ2) is 4.44. The number of rotatable bonds is 2. The third kappa shape index (κ3) is 2.70. The zero-order valence-corrected chi connectivity index (χ0v) is 11.1. The van der Waals surface area contributed by atoms with Gasteiger partial charge in [0.05, 0.1) is 11.1 Å². The predicted molar refractivity (Wildman–Crippen MR) is 74.6 cm³/mol. The fraction of sp³-hybridized carbons (Fsp3) is 0.429. The lowest BCUT2D eigenvalue weighted by molar-refractivity contribution is 0.376. The first kappa shape index (κ1) is 12.6. The lowest BCUT2D eigenvalue weighted by atomic mass is 9.89. The van der Waals surface area contributed by atoms with E-state index in [1.165, 1.54) is 0 Å². The largest absolute Gasteiger partial charge is 0.399 e. The molecule has 4 nitrogen and oxygen atoms in total. The van der Waals surface area contributed by atoms with Crippen molar-refractivity contribution in [2.24, 2.45) is 5.41 Å². The normalized spacial score (nSPS) is 11.9. The molecule has 0 radical (unpaired) electrons. The van der Waals surface area contributed by atoms with Gasteiger partial charge in [0, 0.05) is 11.1 Å². The third-order valence-electron chi connectivity index (χ3n) is 3.00. The summed E-state index contributed by atoms with van der Waals surface area (Å²) in [6, 6.07) is 5.39. The van der Waals surface area contributed by atoms with Gasteiger partial charge in [-0.15, -0.1) is 0 Å². The van der Waals surface area contributed by atoms with E-state index < -0.39 is 0 Å². The monoisotopic (exact) mass is 245 g/mol. The number of aryl methyl sites for hydroxylation is 1. The van der Waals surface area contributed by atoms with Crippen molar-refractivity contribution < 1.29 is 0 Å². The number of nitrogens with two attached hydrogens (primary N) is 1. The first-order chi connectivity index (χ1) is 8.37. The molecule has 18 heavy (non-hydrogen) atoms. The van der Waals surface area contributed by atoms with Gasteiger partial charge < -0.3 is 5.73 Å². The Bertz CT molecular complexity index is 623. The molecule has 0 unspecified atom stereocenters. The van der Waals surface area contributed by atoms with Crippen LogP contribution >= 0.6 is 0 Å². The molecule has 2 rings (SSSR count). The Balaban J connectivity index is 2.46. The summed E-state index contributed by atoms with van der Waals surface area (Å²) in [5.74, 6) is 0. The fourth-order valence-corrected chi connectivity index (χ4v) is 1.92. The van der Waals surface area contributed by atoms with Gasteiger partial charge in [-0.25, -0.2) is 5.10 Å².